The highest BCUT2D eigenvalue weighted by molar-refractivity contribution is 6.03. The van der Waals surface area contributed by atoms with Crippen LogP contribution in [0.1, 0.15) is 53.9 Å². The fourth-order valence-corrected chi connectivity index (χ4v) is 2.73. The molecular formula is C17H30N2O4. The van der Waals surface area contributed by atoms with Gasteiger partial charge in [-0.1, -0.05) is 13.8 Å². The molecule has 6 nitrogen and oxygen atoms in total. The first kappa shape index (κ1) is 19.6. The average Bonchev–Trinajstić information content (AvgIpc) is 2.71. The Morgan fingerprint density at radius 1 is 1.39 bits per heavy atom. The normalized spacial score (nSPS) is 18.9. The molecule has 1 aliphatic rings. The molecule has 1 atom stereocenters. The van der Waals surface area contributed by atoms with Gasteiger partial charge in [-0.15, -0.1) is 0 Å². The largest absolute Gasteiger partial charge is 0.376 e. The third-order valence-corrected chi connectivity index (χ3v) is 4.23. The molecule has 0 spiro atoms. The number of carbonyl (C=O) groups excluding carboxylic acids is 3. The van der Waals surface area contributed by atoms with Crippen LogP contribution in [-0.2, 0) is 19.1 Å². The van der Waals surface area contributed by atoms with Crippen LogP contribution in [0.5, 0.6) is 0 Å². The highest BCUT2D eigenvalue weighted by Gasteiger charge is 2.39. The van der Waals surface area contributed by atoms with Gasteiger partial charge in [0.1, 0.15) is 0 Å². The van der Waals surface area contributed by atoms with E-state index in [4.69, 9.17) is 4.74 Å². The summed E-state index contributed by atoms with van der Waals surface area (Å²) < 4.78 is 5.57. The monoisotopic (exact) mass is 326 g/mol. The summed E-state index contributed by atoms with van der Waals surface area (Å²) >= 11 is 0. The number of hydrogen-bond donors (Lipinski definition) is 1. The van der Waals surface area contributed by atoms with Gasteiger partial charge in [0.05, 0.1) is 5.60 Å². The zero-order valence-electron chi connectivity index (χ0n) is 15.0. The highest BCUT2D eigenvalue weighted by atomic mass is 16.5. The van der Waals surface area contributed by atoms with Gasteiger partial charge in [0, 0.05) is 38.5 Å². The zero-order chi connectivity index (χ0) is 17.6. The zero-order valence-corrected chi connectivity index (χ0v) is 15.0. The number of rotatable bonds is 9. The Balaban J connectivity index is 2.34. The van der Waals surface area contributed by atoms with Gasteiger partial charge in [-0.05, 0) is 33.1 Å². The minimum Gasteiger partial charge on any atom is -0.376 e. The maximum absolute atomic E-state index is 12.1. The number of ether oxygens (including phenoxy) is 1. The molecule has 1 rings (SSSR count). The Morgan fingerprint density at radius 2 is 2.04 bits per heavy atom. The maximum Gasteiger partial charge on any atom is 0.233 e. The summed E-state index contributed by atoms with van der Waals surface area (Å²) in [6.45, 7) is 11.1. The lowest BCUT2D eigenvalue weighted by molar-refractivity contribution is -0.140. The second-order valence-corrected chi connectivity index (χ2v) is 6.98. The molecule has 0 aromatic rings. The summed E-state index contributed by atoms with van der Waals surface area (Å²) in [7, 11) is 0. The quantitative estimate of drug-likeness (QED) is 0.655. The van der Waals surface area contributed by atoms with Gasteiger partial charge in [0.25, 0.3) is 0 Å². The van der Waals surface area contributed by atoms with E-state index in [9.17, 15) is 14.4 Å². The first-order valence-corrected chi connectivity index (χ1v) is 8.42. The molecule has 0 aliphatic carbocycles. The number of amides is 3. The number of likely N-dealkylation sites (tertiary alicyclic amines) is 1. The summed E-state index contributed by atoms with van der Waals surface area (Å²) in [4.78, 5) is 37.1. The molecule has 0 radical (unpaired) electrons. The van der Waals surface area contributed by atoms with Crippen molar-refractivity contribution >= 4 is 17.7 Å². The van der Waals surface area contributed by atoms with Crippen LogP contribution in [0.3, 0.4) is 0 Å². The van der Waals surface area contributed by atoms with Crippen molar-refractivity contribution in [3.8, 4) is 0 Å². The first-order chi connectivity index (χ1) is 10.7. The van der Waals surface area contributed by atoms with Crippen LogP contribution in [0.2, 0.25) is 0 Å². The van der Waals surface area contributed by atoms with E-state index in [0.717, 1.165) is 0 Å². The Bertz CT molecular complexity index is 446. The summed E-state index contributed by atoms with van der Waals surface area (Å²) in [5.74, 6) is -0.552. The van der Waals surface area contributed by atoms with Crippen molar-refractivity contribution < 1.29 is 19.1 Å². The van der Waals surface area contributed by atoms with E-state index in [0.29, 0.717) is 19.6 Å². The first-order valence-electron chi connectivity index (χ1n) is 8.42. The van der Waals surface area contributed by atoms with Crippen molar-refractivity contribution in [1.82, 2.24) is 10.2 Å². The Kier molecular flexibility index (Phi) is 7.19. The topological polar surface area (TPSA) is 75.7 Å². The smallest absolute Gasteiger partial charge is 0.233 e. The van der Waals surface area contributed by atoms with Gasteiger partial charge in [0.15, 0.2) is 0 Å². The van der Waals surface area contributed by atoms with E-state index in [-0.39, 0.29) is 54.5 Å². The average molecular weight is 326 g/mol. The van der Waals surface area contributed by atoms with Crippen LogP contribution in [0.15, 0.2) is 0 Å². The second-order valence-electron chi connectivity index (χ2n) is 6.98. The molecule has 0 saturated carbocycles. The maximum atomic E-state index is 12.1. The van der Waals surface area contributed by atoms with Crippen LogP contribution in [0.4, 0.5) is 0 Å². The SMILES string of the molecule is CCOC(C)(C)CCNC(=O)CCN1C(=O)CC(C(C)C)C1=O. The minimum absolute atomic E-state index is 0.143. The van der Waals surface area contributed by atoms with Crippen molar-refractivity contribution in [1.29, 1.82) is 0 Å². The van der Waals surface area contributed by atoms with Crippen molar-refractivity contribution in [3.05, 3.63) is 0 Å². The lowest BCUT2D eigenvalue weighted by Gasteiger charge is -2.24. The third kappa shape index (κ3) is 5.94. The highest BCUT2D eigenvalue weighted by Crippen LogP contribution is 2.26. The molecule has 1 N–H and O–H groups in total. The van der Waals surface area contributed by atoms with E-state index in [1.54, 1.807) is 0 Å². The van der Waals surface area contributed by atoms with E-state index >= 15 is 0 Å². The molecule has 1 saturated heterocycles. The molecule has 6 heteroatoms. The molecule has 1 fully saturated rings. The fourth-order valence-electron chi connectivity index (χ4n) is 2.73. The molecule has 0 bridgehead atoms. The van der Waals surface area contributed by atoms with Gasteiger partial charge >= 0.3 is 0 Å². The second kappa shape index (κ2) is 8.43. The van der Waals surface area contributed by atoms with Crippen LogP contribution in [-0.4, -0.2) is 47.9 Å². The fraction of sp³-hybridized carbons (Fsp3) is 0.824. The molecule has 3 amide bonds. The Labute approximate surface area is 138 Å². The van der Waals surface area contributed by atoms with Crippen LogP contribution in [0.25, 0.3) is 0 Å². The predicted molar refractivity (Wildman–Crippen MR) is 87.6 cm³/mol. The lowest BCUT2D eigenvalue weighted by atomic mass is 9.94. The Morgan fingerprint density at radius 3 is 2.57 bits per heavy atom. The third-order valence-electron chi connectivity index (χ3n) is 4.23. The predicted octanol–water partition coefficient (Wildman–Crippen LogP) is 1.73. The van der Waals surface area contributed by atoms with Gasteiger partial charge in [-0.25, -0.2) is 0 Å². The molecule has 1 unspecified atom stereocenters. The van der Waals surface area contributed by atoms with Crippen LogP contribution >= 0.6 is 0 Å². The number of hydrogen-bond acceptors (Lipinski definition) is 4. The summed E-state index contributed by atoms with van der Waals surface area (Å²) in [6, 6.07) is 0. The molecule has 1 aliphatic heterocycles. The van der Waals surface area contributed by atoms with Crippen LogP contribution < -0.4 is 5.32 Å². The van der Waals surface area contributed by atoms with Crippen molar-refractivity contribution in [3.63, 3.8) is 0 Å². The minimum atomic E-state index is -0.270. The van der Waals surface area contributed by atoms with Gasteiger partial charge in [0.2, 0.25) is 17.7 Å². The molecule has 132 valence electrons. The van der Waals surface area contributed by atoms with E-state index in [1.165, 1.54) is 4.90 Å². The standard InChI is InChI=1S/C17H30N2O4/c1-6-23-17(4,5)8-9-18-14(20)7-10-19-15(21)11-13(12(2)3)16(19)22/h12-13H,6-11H2,1-5H3,(H,18,20). The molecule has 1 heterocycles. The van der Waals surface area contributed by atoms with E-state index < -0.39 is 0 Å². The number of nitrogens with one attached hydrogen (secondary N) is 1. The van der Waals surface area contributed by atoms with Crippen molar-refractivity contribution in [2.45, 2.75) is 59.5 Å². The van der Waals surface area contributed by atoms with E-state index in [2.05, 4.69) is 5.32 Å². The van der Waals surface area contributed by atoms with Crippen molar-refractivity contribution in [2.24, 2.45) is 11.8 Å². The summed E-state index contributed by atoms with van der Waals surface area (Å²) in [5.41, 5.74) is -0.270. The number of imide groups is 1. The Hall–Kier alpha value is -1.43. The van der Waals surface area contributed by atoms with Gasteiger partial charge in [-0.2, -0.15) is 0 Å². The van der Waals surface area contributed by atoms with E-state index in [1.807, 2.05) is 34.6 Å². The molecule has 0 aromatic carbocycles. The molecular weight excluding hydrogens is 296 g/mol. The van der Waals surface area contributed by atoms with Crippen LogP contribution in [0, 0.1) is 11.8 Å². The lowest BCUT2D eigenvalue weighted by Crippen LogP contribution is -2.37. The number of nitrogens with zero attached hydrogens (tertiary/aromatic N) is 1. The molecule has 23 heavy (non-hydrogen) atoms. The van der Waals surface area contributed by atoms with Gasteiger partial charge in [-0.3, -0.25) is 19.3 Å². The molecule has 0 aromatic heterocycles. The summed E-state index contributed by atoms with van der Waals surface area (Å²) in [6.07, 6.45) is 1.13. The number of carbonyl (C=O) groups is 3. The van der Waals surface area contributed by atoms with Crippen molar-refractivity contribution in [2.75, 3.05) is 19.7 Å². The summed E-state index contributed by atoms with van der Waals surface area (Å²) in [5, 5.41) is 2.82. The van der Waals surface area contributed by atoms with Gasteiger partial charge < -0.3 is 10.1 Å².